The molecule has 0 aliphatic rings. The van der Waals surface area contributed by atoms with Crippen molar-refractivity contribution in [1.82, 2.24) is 24.1 Å². The third-order valence-corrected chi connectivity index (χ3v) is 6.10. The number of benzene rings is 2. The van der Waals surface area contributed by atoms with Gasteiger partial charge in [-0.2, -0.15) is 4.98 Å². The number of hydrogen-bond acceptors (Lipinski definition) is 6. The molecule has 12 heteroatoms. The zero-order valence-electron chi connectivity index (χ0n) is 18.2. The molecule has 0 unspecified atom stereocenters. The highest BCUT2D eigenvalue weighted by molar-refractivity contribution is 7.71. The van der Waals surface area contributed by atoms with Crippen molar-refractivity contribution in [2.24, 2.45) is 5.92 Å². The molecule has 176 valence electrons. The molecular weight excluding hydrogens is 480 g/mol. The van der Waals surface area contributed by atoms with Gasteiger partial charge in [-0.05, 0) is 62.0 Å². The molecule has 4 aromatic rings. The summed E-state index contributed by atoms with van der Waals surface area (Å²) in [6, 6.07) is 11.3. The largest absolute Gasteiger partial charge is 0.481 e. The molecule has 0 saturated carbocycles. The predicted octanol–water partition coefficient (Wildman–Crippen LogP) is 3.67. The lowest BCUT2D eigenvalue weighted by molar-refractivity contribution is -0.142. The van der Waals surface area contributed by atoms with Crippen LogP contribution in [0.1, 0.15) is 25.5 Å². The predicted molar refractivity (Wildman–Crippen MR) is 132 cm³/mol. The summed E-state index contributed by atoms with van der Waals surface area (Å²) in [5.74, 6) is -2.08. The van der Waals surface area contributed by atoms with E-state index in [1.54, 1.807) is 42.5 Å². The lowest BCUT2D eigenvalue weighted by Gasteiger charge is -2.21. The van der Waals surface area contributed by atoms with Crippen molar-refractivity contribution in [3.05, 3.63) is 78.8 Å². The Morgan fingerprint density at radius 3 is 2.50 bits per heavy atom. The highest BCUT2D eigenvalue weighted by Gasteiger charge is 2.26. The number of carboxylic acid groups (broad SMARTS) is 1. The number of carboxylic acids is 1. The highest BCUT2D eigenvalue weighted by Crippen LogP contribution is 2.20. The fourth-order valence-corrected chi connectivity index (χ4v) is 3.88. The van der Waals surface area contributed by atoms with Gasteiger partial charge < -0.3 is 20.4 Å². The summed E-state index contributed by atoms with van der Waals surface area (Å²) < 4.78 is 2.63. The lowest BCUT2D eigenvalue weighted by Crippen LogP contribution is -2.46. The molecule has 2 atom stereocenters. The summed E-state index contributed by atoms with van der Waals surface area (Å²) in [7, 11) is 0. The zero-order valence-corrected chi connectivity index (χ0v) is 19.8. The third-order valence-electron chi connectivity index (χ3n) is 5.65. The van der Waals surface area contributed by atoms with E-state index in [9.17, 15) is 19.5 Å². The molecule has 0 saturated heterocycles. The Labute approximate surface area is 202 Å². The average molecular weight is 501 g/mol. The summed E-state index contributed by atoms with van der Waals surface area (Å²) in [4.78, 5) is 47.9. The SMILES string of the molecule is C[C@@H](C(=O)O)[C@H](C)n1c(=O)nc(Nc2ccc3[nH]c(=S)[nH]c3c2)n(Cc2ccc(Cl)cc2)c1=O. The Kier molecular flexibility index (Phi) is 6.40. The van der Waals surface area contributed by atoms with Crippen LogP contribution in [-0.4, -0.2) is 35.2 Å². The van der Waals surface area contributed by atoms with Crippen LogP contribution in [-0.2, 0) is 11.3 Å². The van der Waals surface area contributed by atoms with E-state index in [-0.39, 0.29) is 12.5 Å². The summed E-state index contributed by atoms with van der Waals surface area (Å²) >= 11 is 11.1. The number of imidazole rings is 1. The molecule has 0 aliphatic heterocycles. The number of H-pyrrole nitrogens is 2. The first-order chi connectivity index (χ1) is 16.1. The second-order valence-corrected chi connectivity index (χ2v) is 8.76. The summed E-state index contributed by atoms with van der Waals surface area (Å²) in [6.45, 7) is 3.02. The molecule has 0 fully saturated rings. The van der Waals surface area contributed by atoms with Gasteiger partial charge in [0, 0.05) is 10.7 Å². The Morgan fingerprint density at radius 1 is 1.15 bits per heavy atom. The van der Waals surface area contributed by atoms with E-state index in [1.807, 2.05) is 0 Å². The number of carbonyl (C=O) groups is 1. The van der Waals surface area contributed by atoms with Gasteiger partial charge in [-0.1, -0.05) is 23.7 Å². The maximum absolute atomic E-state index is 13.5. The standard InChI is InChI=1S/C22H21ClN6O4S/c1-11(18(30)31)12(2)29-21(32)27-19(24-15-7-8-16-17(9-15)26-20(34)25-16)28(22(29)33)10-13-3-5-14(23)6-4-13/h3-9,11-12H,10H2,1-2H3,(H,30,31)(H,24,27,32)(H2,25,26,34)/t11-,12+/m1/s1. The maximum Gasteiger partial charge on any atom is 0.355 e. The highest BCUT2D eigenvalue weighted by atomic mass is 35.5. The minimum Gasteiger partial charge on any atom is -0.481 e. The molecule has 2 aromatic heterocycles. The third kappa shape index (κ3) is 4.66. The Bertz CT molecular complexity index is 1550. The van der Waals surface area contributed by atoms with Gasteiger partial charge in [0.1, 0.15) is 0 Å². The number of hydrogen-bond donors (Lipinski definition) is 4. The maximum atomic E-state index is 13.5. The number of anilines is 2. The van der Waals surface area contributed by atoms with Gasteiger partial charge in [-0.3, -0.25) is 9.36 Å². The Morgan fingerprint density at radius 2 is 1.82 bits per heavy atom. The van der Waals surface area contributed by atoms with Crippen molar-refractivity contribution in [2.45, 2.75) is 26.4 Å². The van der Waals surface area contributed by atoms with Crippen LogP contribution in [0.4, 0.5) is 11.6 Å². The van der Waals surface area contributed by atoms with Crippen LogP contribution in [0.3, 0.4) is 0 Å². The van der Waals surface area contributed by atoms with Crippen molar-refractivity contribution in [3.8, 4) is 0 Å². The van der Waals surface area contributed by atoms with Crippen LogP contribution in [0, 0.1) is 10.7 Å². The monoisotopic (exact) mass is 500 g/mol. The average Bonchev–Trinajstić information content (AvgIpc) is 3.16. The van der Waals surface area contributed by atoms with Gasteiger partial charge in [0.15, 0.2) is 4.77 Å². The van der Waals surface area contributed by atoms with E-state index in [0.29, 0.717) is 15.5 Å². The van der Waals surface area contributed by atoms with Crippen molar-refractivity contribution in [2.75, 3.05) is 5.32 Å². The molecule has 34 heavy (non-hydrogen) atoms. The van der Waals surface area contributed by atoms with Crippen LogP contribution in [0.25, 0.3) is 11.0 Å². The van der Waals surface area contributed by atoms with Crippen LogP contribution >= 0.6 is 23.8 Å². The van der Waals surface area contributed by atoms with Gasteiger partial charge in [-0.25, -0.2) is 14.2 Å². The van der Waals surface area contributed by atoms with Gasteiger partial charge >= 0.3 is 17.3 Å². The van der Waals surface area contributed by atoms with Crippen molar-refractivity contribution < 1.29 is 9.90 Å². The molecule has 4 rings (SSSR count). The molecule has 0 bridgehead atoms. The summed E-state index contributed by atoms with van der Waals surface area (Å²) in [6.07, 6.45) is 0. The number of fused-ring (bicyclic) bond motifs is 1. The topological polar surface area (TPSA) is 138 Å². The molecule has 2 heterocycles. The van der Waals surface area contributed by atoms with E-state index in [4.69, 9.17) is 23.8 Å². The summed E-state index contributed by atoms with van der Waals surface area (Å²) in [5.41, 5.74) is 1.32. The lowest BCUT2D eigenvalue weighted by atomic mass is 10.0. The minimum atomic E-state index is -1.12. The number of aliphatic carboxylic acids is 1. The number of aromatic amines is 2. The fourth-order valence-electron chi connectivity index (χ4n) is 3.54. The van der Waals surface area contributed by atoms with Crippen molar-refractivity contribution in [3.63, 3.8) is 0 Å². The summed E-state index contributed by atoms with van der Waals surface area (Å²) in [5, 5.41) is 13.0. The van der Waals surface area contributed by atoms with E-state index in [1.165, 1.54) is 18.4 Å². The molecule has 0 aliphatic carbocycles. The van der Waals surface area contributed by atoms with Crippen LogP contribution < -0.4 is 16.7 Å². The van der Waals surface area contributed by atoms with E-state index < -0.39 is 29.3 Å². The van der Waals surface area contributed by atoms with Crippen LogP contribution in [0.15, 0.2) is 52.1 Å². The Hall–Kier alpha value is -3.70. The number of nitrogens with zero attached hydrogens (tertiary/aromatic N) is 3. The van der Waals surface area contributed by atoms with E-state index in [0.717, 1.165) is 21.2 Å². The first-order valence-corrected chi connectivity index (χ1v) is 11.1. The zero-order chi connectivity index (χ0) is 24.6. The number of nitrogens with one attached hydrogen (secondary N) is 3. The van der Waals surface area contributed by atoms with Crippen LogP contribution in [0.5, 0.6) is 0 Å². The normalized spacial score (nSPS) is 13.0. The van der Waals surface area contributed by atoms with Crippen molar-refractivity contribution in [1.29, 1.82) is 0 Å². The van der Waals surface area contributed by atoms with E-state index in [2.05, 4.69) is 20.3 Å². The number of halogens is 1. The second kappa shape index (κ2) is 9.27. The molecule has 10 nitrogen and oxygen atoms in total. The van der Waals surface area contributed by atoms with Crippen LogP contribution in [0.2, 0.25) is 5.02 Å². The molecule has 2 aromatic carbocycles. The number of aromatic nitrogens is 5. The Balaban J connectivity index is 1.83. The van der Waals surface area contributed by atoms with Gasteiger partial charge in [0.2, 0.25) is 5.95 Å². The van der Waals surface area contributed by atoms with E-state index >= 15 is 0 Å². The molecule has 0 spiro atoms. The van der Waals surface area contributed by atoms with Gasteiger partial charge in [0.25, 0.3) is 0 Å². The molecule has 0 amide bonds. The molecule has 4 N–H and O–H groups in total. The quantitative estimate of drug-likeness (QED) is 0.284. The first-order valence-electron chi connectivity index (χ1n) is 10.3. The minimum absolute atomic E-state index is 0.0184. The second-order valence-electron chi connectivity index (χ2n) is 7.92. The smallest absolute Gasteiger partial charge is 0.355 e. The first kappa shape index (κ1) is 23.5. The van der Waals surface area contributed by atoms with Gasteiger partial charge in [0.05, 0.1) is 29.5 Å². The number of rotatable bonds is 7. The fraction of sp³-hybridized carbons (Fsp3) is 0.227. The molecule has 0 radical (unpaired) electrons. The van der Waals surface area contributed by atoms with Crippen molar-refractivity contribution >= 4 is 52.5 Å². The van der Waals surface area contributed by atoms with Gasteiger partial charge in [-0.15, -0.1) is 0 Å². The molecular formula is C22H21ClN6O4S.